The van der Waals surface area contributed by atoms with Gasteiger partial charge in [-0.15, -0.1) is 0 Å². The molecule has 3 aromatic rings. The fourth-order valence-electron chi connectivity index (χ4n) is 4.17. The molecule has 4 heteroatoms. The van der Waals surface area contributed by atoms with Gasteiger partial charge in [0.15, 0.2) is 0 Å². The van der Waals surface area contributed by atoms with E-state index in [-0.39, 0.29) is 6.04 Å². The van der Waals surface area contributed by atoms with Crippen molar-refractivity contribution < 1.29 is 0 Å². The Morgan fingerprint density at radius 1 is 0.824 bits per heavy atom. The molecule has 0 aliphatic carbocycles. The Hall–Kier alpha value is -3.66. The van der Waals surface area contributed by atoms with E-state index >= 15 is 0 Å². The average molecular weight is 451 g/mol. The van der Waals surface area contributed by atoms with Crippen LogP contribution in [-0.2, 0) is 0 Å². The van der Waals surface area contributed by atoms with Gasteiger partial charge in [0.25, 0.3) is 0 Å². The van der Waals surface area contributed by atoms with Crippen LogP contribution in [-0.4, -0.2) is 18.0 Å². The SMILES string of the molecule is C=C(NCCC)c1ccc(NC(CCC)c2ccc(C3=NN=C(c4ccccc4)C3)cc2)cc1. The van der Waals surface area contributed by atoms with Crippen LogP contribution in [0.4, 0.5) is 5.69 Å². The Balaban J connectivity index is 1.40. The second kappa shape index (κ2) is 11.5. The quantitative estimate of drug-likeness (QED) is 0.324. The van der Waals surface area contributed by atoms with Gasteiger partial charge in [-0.3, -0.25) is 0 Å². The van der Waals surface area contributed by atoms with E-state index < -0.39 is 0 Å². The molecule has 4 rings (SSSR count). The Bertz CT molecular complexity index is 1140. The second-order valence-electron chi connectivity index (χ2n) is 8.73. The first-order valence-electron chi connectivity index (χ1n) is 12.3. The molecule has 1 heterocycles. The van der Waals surface area contributed by atoms with E-state index in [1.807, 2.05) is 18.2 Å². The van der Waals surface area contributed by atoms with Crippen molar-refractivity contribution in [3.8, 4) is 0 Å². The van der Waals surface area contributed by atoms with Crippen LogP contribution < -0.4 is 10.6 Å². The summed E-state index contributed by atoms with van der Waals surface area (Å²) in [6.07, 6.45) is 4.03. The number of nitrogens with one attached hydrogen (secondary N) is 2. The topological polar surface area (TPSA) is 48.8 Å². The lowest BCUT2D eigenvalue weighted by molar-refractivity contribution is 0.677. The van der Waals surface area contributed by atoms with Crippen molar-refractivity contribution in [1.82, 2.24) is 5.32 Å². The van der Waals surface area contributed by atoms with Gasteiger partial charge in [0.2, 0.25) is 0 Å². The molecule has 0 fully saturated rings. The minimum absolute atomic E-state index is 0.257. The Kier molecular flexibility index (Phi) is 7.92. The average Bonchev–Trinajstić information content (AvgIpc) is 3.38. The van der Waals surface area contributed by atoms with E-state index in [4.69, 9.17) is 0 Å². The zero-order valence-corrected chi connectivity index (χ0v) is 20.2. The van der Waals surface area contributed by atoms with Gasteiger partial charge in [-0.2, -0.15) is 10.2 Å². The molecule has 1 aliphatic rings. The van der Waals surface area contributed by atoms with Crippen molar-refractivity contribution in [2.75, 3.05) is 11.9 Å². The maximum absolute atomic E-state index is 4.46. The molecule has 1 atom stereocenters. The van der Waals surface area contributed by atoms with Crippen LogP contribution in [0.25, 0.3) is 5.70 Å². The van der Waals surface area contributed by atoms with Gasteiger partial charge in [-0.1, -0.05) is 93.6 Å². The minimum Gasteiger partial charge on any atom is -0.385 e. The van der Waals surface area contributed by atoms with Crippen LogP contribution in [0, 0.1) is 0 Å². The number of hydrogen-bond acceptors (Lipinski definition) is 4. The van der Waals surface area contributed by atoms with Gasteiger partial charge in [-0.25, -0.2) is 0 Å². The van der Waals surface area contributed by atoms with Crippen molar-refractivity contribution in [1.29, 1.82) is 0 Å². The van der Waals surface area contributed by atoms with Crippen molar-refractivity contribution in [3.63, 3.8) is 0 Å². The van der Waals surface area contributed by atoms with Crippen LogP contribution in [0.5, 0.6) is 0 Å². The third-order valence-electron chi connectivity index (χ3n) is 6.12. The van der Waals surface area contributed by atoms with E-state index in [0.29, 0.717) is 0 Å². The van der Waals surface area contributed by atoms with Gasteiger partial charge in [0.1, 0.15) is 0 Å². The molecular weight excluding hydrogens is 416 g/mol. The van der Waals surface area contributed by atoms with Crippen molar-refractivity contribution in [2.24, 2.45) is 10.2 Å². The molecule has 174 valence electrons. The molecule has 0 saturated heterocycles. The van der Waals surface area contributed by atoms with Crippen molar-refractivity contribution in [2.45, 2.75) is 45.6 Å². The maximum atomic E-state index is 4.46. The highest BCUT2D eigenvalue weighted by molar-refractivity contribution is 6.20. The molecule has 34 heavy (non-hydrogen) atoms. The van der Waals surface area contributed by atoms with Crippen LogP contribution in [0.1, 0.15) is 67.8 Å². The molecule has 0 radical (unpaired) electrons. The largest absolute Gasteiger partial charge is 0.385 e. The summed E-state index contributed by atoms with van der Waals surface area (Å²) in [5.74, 6) is 0. The highest BCUT2D eigenvalue weighted by Gasteiger charge is 2.17. The first-order valence-corrected chi connectivity index (χ1v) is 12.3. The molecule has 0 spiro atoms. The summed E-state index contributed by atoms with van der Waals surface area (Å²) in [4.78, 5) is 0. The summed E-state index contributed by atoms with van der Waals surface area (Å²) in [6, 6.07) is 27.9. The standard InChI is InChI=1S/C30H34N4/c1-4-9-28(32-27-18-16-23(17-19-27)22(3)31-20-5-2)25-12-14-26(15-13-25)30-21-29(33-34-30)24-10-7-6-8-11-24/h6-8,10-19,28,31-32H,3-5,9,20-21H2,1-2H3. The van der Waals surface area contributed by atoms with Crippen molar-refractivity contribution in [3.05, 3.63) is 108 Å². The van der Waals surface area contributed by atoms with Crippen LogP contribution in [0.3, 0.4) is 0 Å². The lowest BCUT2D eigenvalue weighted by Crippen LogP contribution is -2.13. The number of anilines is 1. The first-order chi connectivity index (χ1) is 16.7. The maximum Gasteiger partial charge on any atom is 0.0763 e. The summed E-state index contributed by atoms with van der Waals surface area (Å²) < 4.78 is 0. The highest BCUT2D eigenvalue weighted by Crippen LogP contribution is 2.26. The summed E-state index contributed by atoms with van der Waals surface area (Å²) >= 11 is 0. The number of hydrogen-bond donors (Lipinski definition) is 2. The van der Waals surface area contributed by atoms with Crippen LogP contribution in [0.15, 0.2) is 95.6 Å². The molecule has 0 amide bonds. The fourth-order valence-corrected chi connectivity index (χ4v) is 4.17. The number of rotatable bonds is 11. The number of nitrogens with zero attached hydrogens (tertiary/aromatic N) is 2. The van der Waals surface area contributed by atoms with E-state index in [9.17, 15) is 0 Å². The van der Waals surface area contributed by atoms with Gasteiger partial charge in [0, 0.05) is 24.4 Å². The monoisotopic (exact) mass is 450 g/mol. The van der Waals surface area contributed by atoms with Crippen molar-refractivity contribution >= 4 is 22.8 Å². The molecule has 0 aromatic heterocycles. The Morgan fingerprint density at radius 2 is 1.47 bits per heavy atom. The molecule has 3 aromatic carbocycles. The predicted molar refractivity (Wildman–Crippen MR) is 146 cm³/mol. The van der Waals surface area contributed by atoms with E-state index in [2.05, 4.69) is 102 Å². The molecule has 0 saturated carbocycles. The van der Waals surface area contributed by atoms with Gasteiger partial charge in [-0.05, 0) is 47.2 Å². The summed E-state index contributed by atoms with van der Waals surface area (Å²) in [7, 11) is 0. The van der Waals surface area contributed by atoms with Crippen LogP contribution >= 0.6 is 0 Å². The molecule has 0 bridgehead atoms. The van der Waals surface area contributed by atoms with Gasteiger partial charge >= 0.3 is 0 Å². The summed E-state index contributed by atoms with van der Waals surface area (Å²) in [6.45, 7) is 9.47. The summed E-state index contributed by atoms with van der Waals surface area (Å²) in [5.41, 5.74) is 8.84. The molecule has 2 N–H and O–H groups in total. The molecule has 1 unspecified atom stereocenters. The first kappa shape index (κ1) is 23.5. The molecule has 4 nitrogen and oxygen atoms in total. The van der Waals surface area contributed by atoms with E-state index in [1.165, 1.54) is 5.56 Å². The predicted octanol–water partition coefficient (Wildman–Crippen LogP) is 7.21. The Labute approximate surface area is 203 Å². The fraction of sp³-hybridized carbons (Fsp3) is 0.267. The van der Waals surface area contributed by atoms with Crippen LogP contribution in [0.2, 0.25) is 0 Å². The minimum atomic E-state index is 0.257. The van der Waals surface area contributed by atoms with Gasteiger partial charge < -0.3 is 10.6 Å². The third-order valence-corrected chi connectivity index (χ3v) is 6.12. The second-order valence-corrected chi connectivity index (χ2v) is 8.73. The Morgan fingerprint density at radius 3 is 2.09 bits per heavy atom. The highest BCUT2D eigenvalue weighted by atomic mass is 15.2. The zero-order valence-electron chi connectivity index (χ0n) is 20.2. The van der Waals surface area contributed by atoms with Gasteiger partial charge in [0.05, 0.1) is 17.5 Å². The zero-order chi connectivity index (χ0) is 23.8. The smallest absolute Gasteiger partial charge is 0.0763 e. The lowest BCUT2D eigenvalue weighted by atomic mass is 9.97. The lowest BCUT2D eigenvalue weighted by Gasteiger charge is -2.21. The molecule has 1 aliphatic heterocycles. The molecular formula is C30H34N4. The third kappa shape index (κ3) is 5.82. The normalized spacial score (nSPS) is 13.7. The van der Waals surface area contributed by atoms with E-state index in [0.717, 1.165) is 71.7 Å². The van der Waals surface area contributed by atoms with E-state index in [1.54, 1.807) is 0 Å². The summed E-state index contributed by atoms with van der Waals surface area (Å²) in [5, 5.41) is 16.0. The number of benzene rings is 3.